The summed E-state index contributed by atoms with van der Waals surface area (Å²) in [5.74, 6) is -2.96. The molecule has 1 amide bonds. The number of benzene rings is 3. The second kappa shape index (κ2) is 12.6. The number of nitrogens with two attached hydrogens (primary N) is 3. The fraction of sp³-hybridized carbons (Fsp3) is 0.111. The van der Waals surface area contributed by atoms with Gasteiger partial charge in [0.15, 0.2) is 0 Å². The van der Waals surface area contributed by atoms with E-state index >= 15 is 0 Å². The molecule has 13 heteroatoms. The zero-order chi connectivity index (χ0) is 29.6. The van der Waals surface area contributed by atoms with E-state index in [4.69, 9.17) is 51.5 Å². The van der Waals surface area contributed by atoms with Crippen LogP contribution in [0.1, 0.15) is 32.7 Å². The zero-order valence-corrected chi connectivity index (χ0v) is 22.4. The number of alkyl halides is 3. The van der Waals surface area contributed by atoms with Gasteiger partial charge in [0.05, 0.1) is 0 Å². The maximum atomic E-state index is 13.2. The van der Waals surface area contributed by atoms with E-state index in [9.17, 15) is 18.0 Å². The topological polar surface area (TPSA) is 149 Å². The number of carbonyl (C=O) groups is 2. The molecular formula is C27H24F3N5O3S2. The number of carboxylic acids is 1. The van der Waals surface area contributed by atoms with Gasteiger partial charge in [0.1, 0.15) is 15.7 Å². The van der Waals surface area contributed by atoms with Crippen molar-refractivity contribution in [3.63, 3.8) is 0 Å². The molecule has 0 fully saturated rings. The summed E-state index contributed by atoms with van der Waals surface area (Å²) in [4.78, 5) is 22.8. The van der Waals surface area contributed by atoms with E-state index in [2.05, 4.69) is 5.32 Å². The minimum Gasteiger partial charge on any atom is -0.475 e. The van der Waals surface area contributed by atoms with Crippen molar-refractivity contribution in [2.24, 2.45) is 11.5 Å². The first-order chi connectivity index (χ1) is 18.8. The van der Waals surface area contributed by atoms with E-state index in [0.29, 0.717) is 34.4 Å². The first kappa shape index (κ1) is 30.1. The summed E-state index contributed by atoms with van der Waals surface area (Å²) in [6.07, 6.45) is -5.08. The van der Waals surface area contributed by atoms with Crippen molar-refractivity contribution in [1.29, 1.82) is 0 Å². The number of carboxylic acid groups (broad SMARTS) is 1. The van der Waals surface area contributed by atoms with Crippen molar-refractivity contribution in [3.05, 3.63) is 101 Å². The highest BCUT2D eigenvalue weighted by Crippen LogP contribution is 2.24. The predicted molar refractivity (Wildman–Crippen MR) is 155 cm³/mol. The quantitative estimate of drug-likeness (QED) is 0.160. The Bertz CT molecular complexity index is 1600. The van der Waals surface area contributed by atoms with Gasteiger partial charge < -0.3 is 32.2 Å². The highest BCUT2D eigenvalue weighted by atomic mass is 32.1. The van der Waals surface area contributed by atoms with Crippen LogP contribution in [-0.2, 0) is 17.9 Å². The van der Waals surface area contributed by atoms with Gasteiger partial charge in [0.25, 0.3) is 5.91 Å². The molecule has 0 spiro atoms. The summed E-state index contributed by atoms with van der Waals surface area (Å²) >= 11 is 10.2. The molecule has 0 atom stereocenters. The van der Waals surface area contributed by atoms with Gasteiger partial charge in [0, 0.05) is 40.8 Å². The smallest absolute Gasteiger partial charge is 0.475 e. The molecule has 3 aromatic carbocycles. The number of aliphatic carboxylic acids is 1. The molecule has 0 unspecified atom stereocenters. The van der Waals surface area contributed by atoms with Crippen LogP contribution < -0.4 is 22.5 Å². The lowest BCUT2D eigenvalue weighted by Crippen LogP contribution is -2.26. The van der Waals surface area contributed by atoms with Crippen molar-refractivity contribution in [3.8, 4) is 0 Å². The van der Waals surface area contributed by atoms with Gasteiger partial charge in [-0.1, -0.05) is 60.8 Å². The summed E-state index contributed by atoms with van der Waals surface area (Å²) in [6, 6.07) is 22.7. The van der Waals surface area contributed by atoms with E-state index in [1.165, 1.54) is 0 Å². The van der Waals surface area contributed by atoms with Crippen molar-refractivity contribution in [2.75, 3.05) is 5.73 Å². The van der Waals surface area contributed by atoms with Gasteiger partial charge >= 0.3 is 12.1 Å². The average molecular weight is 588 g/mol. The van der Waals surface area contributed by atoms with Gasteiger partial charge in [0.2, 0.25) is 0 Å². The Kier molecular flexibility index (Phi) is 9.45. The number of nitrogens with one attached hydrogen (secondary N) is 1. The first-order valence-electron chi connectivity index (χ1n) is 11.5. The molecule has 0 aliphatic rings. The number of aromatic nitrogens is 1. The fourth-order valence-electron chi connectivity index (χ4n) is 3.76. The summed E-state index contributed by atoms with van der Waals surface area (Å²) in [6.45, 7) is 0.819. The molecule has 8 nitrogen and oxygen atoms in total. The number of nitrogens with zero attached hydrogens (tertiary/aromatic N) is 1. The molecule has 0 radical (unpaired) electrons. The van der Waals surface area contributed by atoms with Gasteiger partial charge in [-0.15, -0.1) is 0 Å². The van der Waals surface area contributed by atoms with Gasteiger partial charge in [-0.3, -0.25) is 4.79 Å². The monoisotopic (exact) mass is 587 g/mol. The lowest BCUT2D eigenvalue weighted by molar-refractivity contribution is -0.192. The lowest BCUT2D eigenvalue weighted by Gasteiger charge is -2.13. The molecule has 40 heavy (non-hydrogen) atoms. The third-order valence-electron chi connectivity index (χ3n) is 5.62. The molecule has 0 saturated carbocycles. The van der Waals surface area contributed by atoms with Crippen molar-refractivity contribution < 1.29 is 27.9 Å². The molecule has 0 saturated heterocycles. The number of carbonyl (C=O) groups excluding carboxylic acids is 1. The van der Waals surface area contributed by atoms with Crippen molar-refractivity contribution >= 4 is 62.9 Å². The number of fused-ring (bicyclic) bond motifs is 1. The maximum absolute atomic E-state index is 13.2. The Morgan fingerprint density at radius 2 is 1.43 bits per heavy atom. The summed E-state index contributed by atoms with van der Waals surface area (Å²) in [5, 5.41) is 11.0. The average Bonchev–Trinajstić information content (AvgIpc) is 3.24. The largest absolute Gasteiger partial charge is 0.490 e. The standard InChI is InChI=1S/C25H23N5OS2.C2HF3O2/c26-20-7-8-21-19(11-20)12-22(30(21)14-16-4-2-6-18(10-16)24(28)33)25(31)29-13-15-3-1-5-17(9-15)23(27)32;3-2(4,5)1(6)7/h1-12H,13-14,26H2,(H2,27,32)(H2,28,33)(H,29,31);(H,6,7). The summed E-state index contributed by atoms with van der Waals surface area (Å²) < 4.78 is 33.7. The Morgan fingerprint density at radius 1 is 0.875 bits per heavy atom. The molecule has 1 aromatic heterocycles. The molecule has 4 rings (SSSR count). The molecule has 0 bridgehead atoms. The van der Waals surface area contributed by atoms with Crippen LogP contribution in [0.15, 0.2) is 72.8 Å². The number of rotatable bonds is 7. The Labute approximate surface area is 237 Å². The molecular weight excluding hydrogens is 563 g/mol. The number of halogens is 3. The van der Waals surface area contributed by atoms with E-state index < -0.39 is 12.1 Å². The zero-order valence-electron chi connectivity index (χ0n) is 20.7. The Balaban J connectivity index is 0.000000559. The van der Waals surface area contributed by atoms with Crippen LogP contribution >= 0.6 is 24.4 Å². The van der Waals surface area contributed by atoms with E-state index in [1.807, 2.05) is 77.4 Å². The molecule has 208 valence electrons. The Hall–Kier alpha value is -4.49. The lowest BCUT2D eigenvalue weighted by atomic mass is 10.1. The first-order valence-corrected chi connectivity index (χ1v) is 12.3. The van der Waals surface area contributed by atoms with Crippen LogP contribution in [0.5, 0.6) is 0 Å². The molecule has 0 aliphatic carbocycles. The second-order valence-corrected chi connectivity index (χ2v) is 9.43. The third kappa shape index (κ3) is 7.77. The van der Waals surface area contributed by atoms with Crippen LogP contribution in [-0.4, -0.2) is 37.7 Å². The van der Waals surface area contributed by atoms with E-state index in [0.717, 1.165) is 33.2 Å². The number of anilines is 1. The molecule has 1 heterocycles. The molecule has 4 aromatic rings. The number of hydrogen-bond acceptors (Lipinski definition) is 5. The number of amides is 1. The molecule has 8 N–H and O–H groups in total. The van der Waals surface area contributed by atoms with Crippen LogP contribution in [0, 0.1) is 0 Å². The second-order valence-electron chi connectivity index (χ2n) is 8.55. The third-order valence-corrected chi connectivity index (χ3v) is 6.09. The van der Waals surface area contributed by atoms with Crippen LogP contribution in [0.25, 0.3) is 10.9 Å². The SMILES string of the molecule is NC(=S)c1cccc(CNC(=O)c2cc3cc(N)ccc3n2Cc2cccc(C(N)=S)c2)c1.O=C(O)C(F)(F)F. The van der Waals surface area contributed by atoms with Crippen molar-refractivity contribution in [1.82, 2.24) is 9.88 Å². The highest BCUT2D eigenvalue weighted by Gasteiger charge is 2.38. The van der Waals surface area contributed by atoms with Gasteiger partial charge in [-0.2, -0.15) is 13.2 Å². The van der Waals surface area contributed by atoms with Crippen LogP contribution in [0.3, 0.4) is 0 Å². The fourth-order valence-corrected chi connectivity index (χ4v) is 4.01. The van der Waals surface area contributed by atoms with Gasteiger partial charge in [-0.25, -0.2) is 4.79 Å². The van der Waals surface area contributed by atoms with E-state index in [1.54, 1.807) is 0 Å². The van der Waals surface area contributed by atoms with Gasteiger partial charge in [-0.05, 0) is 47.5 Å². The Morgan fingerprint density at radius 3 is 1.98 bits per heavy atom. The van der Waals surface area contributed by atoms with Crippen LogP contribution in [0.2, 0.25) is 0 Å². The summed E-state index contributed by atoms with van der Waals surface area (Å²) in [5.41, 5.74) is 23.0. The molecule has 0 aliphatic heterocycles. The van der Waals surface area contributed by atoms with Crippen LogP contribution in [0.4, 0.5) is 18.9 Å². The minimum absolute atomic E-state index is 0.198. The predicted octanol–water partition coefficient (Wildman–Crippen LogP) is 4.10. The van der Waals surface area contributed by atoms with Crippen molar-refractivity contribution in [2.45, 2.75) is 19.3 Å². The summed E-state index contributed by atoms with van der Waals surface area (Å²) in [7, 11) is 0. The number of hydrogen-bond donors (Lipinski definition) is 5. The highest BCUT2D eigenvalue weighted by molar-refractivity contribution is 7.80. The minimum atomic E-state index is -5.08. The maximum Gasteiger partial charge on any atom is 0.490 e. The number of nitrogen functional groups attached to an aromatic ring is 1. The van der Waals surface area contributed by atoms with E-state index in [-0.39, 0.29) is 5.91 Å². The normalized spacial score (nSPS) is 10.9. The number of thiocarbonyl (C=S) groups is 2.